The van der Waals surface area contributed by atoms with Crippen molar-refractivity contribution in [3.8, 4) is 5.75 Å². The predicted octanol–water partition coefficient (Wildman–Crippen LogP) is 1.66. The van der Waals surface area contributed by atoms with Crippen molar-refractivity contribution in [2.45, 2.75) is 19.3 Å². The van der Waals surface area contributed by atoms with Gasteiger partial charge in [-0.05, 0) is 50.5 Å². The van der Waals surface area contributed by atoms with Crippen LogP contribution in [0.5, 0.6) is 5.75 Å². The highest BCUT2D eigenvalue weighted by molar-refractivity contribution is 5.33. The highest BCUT2D eigenvalue weighted by Gasteiger charge is 2.11. The summed E-state index contributed by atoms with van der Waals surface area (Å²) in [5.74, 6) is 0.997. The molecule has 1 aliphatic heterocycles. The van der Waals surface area contributed by atoms with Crippen LogP contribution in [-0.2, 0) is 6.42 Å². The molecule has 0 radical (unpaired) electrons. The highest BCUT2D eigenvalue weighted by Crippen LogP contribution is 2.18. The van der Waals surface area contributed by atoms with Gasteiger partial charge >= 0.3 is 0 Å². The maximum atomic E-state index is 5.85. The maximum Gasteiger partial charge on any atom is 0.122 e. The second-order valence-corrected chi connectivity index (χ2v) is 4.54. The van der Waals surface area contributed by atoms with Gasteiger partial charge in [0.15, 0.2) is 0 Å². The second-order valence-electron chi connectivity index (χ2n) is 4.54. The molecule has 0 aliphatic carbocycles. The van der Waals surface area contributed by atoms with E-state index in [1.165, 1.54) is 31.5 Å². The van der Waals surface area contributed by atoms with Gasteiger partial charge in [0.05, 0.1) is 0 Å². The molecule has 0 amide bonds. The van der Waals surface area contributed by atoms with Crippen molar-refractivity contribution in [2.24, 2.45) is 5.73 Å². The fourth-order valence-corrected chi connectivity index (χ4v) is 2.30. The van der Waals surface area contributed by atoms with Crippen LogP contribution in [0.2, 0.25) is 0 Å². The number of nitrogens with two attached hydrogens (primary N) is 1. The standard InChI is InChI=1S/C14H22N2O/c15-8-7-13-5-1-2-6-14(13)17-12-11-16-9-3-4-10-16/h1-2,5-6H,3-4,7-12,15H2. The van der Waals surface area contributed by atoms with Gasteiger partial charge in [-0.1, -0.05) is 18.2 Å². The van der Waals surface area contributed by atoms with E-state index >= 15 is 0 Å². The van der Waals surface area contributed by atoms with Crippen molar-refractivity contribution in [1.82, 2.24) is 4.90 Å². The Morgan fingerprint density at radius 1 is 1.18 bits per heavy atom. The van der Waals surface area contributed by atoms with Crippen molar-refractivity contribution in [2.75, 3.05) is 32.8 Å². The molecule has 0 unspecified atom stereocenters. The lowest BCUT2D eigenvalue weighted by molar-refractivity contribution is 0.236. The van der Waals surface area contributed by atoms with Crippen LogP contribution in [0.1, 0.15) is 18.4 Å². The average molecular weight is 234 g/mol. The first kappa shape index (κ1) is 12.4. The first-order valence-corrected chi connectivity index (χ1v) is 6.53. The molecule has 0 saturated carbocycles. The molecule has 1 saturated heterocycles. The number of nitrogens with zero attached hydrogens (tertiary/aromatic N) is 1. The molecule has 1 aromatic carbocycles. The summed E-state index contributed by atoms with van der Waals surface area (Å²) in [6.45, 7) is 4.95. The van der Waals surface area contributed by atoms with E-state index in [1.807, 2.05) is 18.2 Å². The molecular formula is C14H22N2O. The minimum absolute atomic E-state index is 0.673. The number of hydrogen-bond donors (Lipinski definition) is 1. The summed E-state index contributed by atoms with van der Waals surface area (Å²) in [7, 11) is 0. The normalized spacial score (nSPS) is 16.3. The van der Waals surface area contributed by atoms with Gasteiger partial charge in [-0.3, -0.25) is 4.90 Å². The van der Waals surface area contributed by atoms with Crippen molar-refractivity contribution in [3.63, 3.8) is 0 Å². The lowest BCUT2D eigenvalue weighted by Gasteiger charge is -2.16. The summed E-state index contributed by atoms with van der Waals surface area (Å²) in [5, 5.41) is 0. The number of likely N-dealkylation sites (tertiary alicyclic amines) is 1. The monoisotopic (exact) mass is 234 g/mol. The lowest BCUT2D eigenvalue weighted by atomic mass is 10.1. The number of para-hydroxylation sites is 1. The van der Waals surface area contributed by atoms with Crippen LogP contribution in [0.15, 0.2) is 24.3 Å². The van der Waals surface area contributed by atoms with E-state index in [2.05, 4.69) is 11.0 Å². The Kier molecular flexibility index (Phi) is 4.83. The van der Waals surface area contributed by atoms with Crippen LogP contribution in [0.25, 0.3) is 0 Å². The summed E-state index contributed by atoms with van der Waals surface area (Å²) < 4.78 is 5.85. The Morgan fingerprint density at radius 2 is 1.94 bits per heavy atom. The van der Waals surface area contributed by atoms with Gasteiger partial charge in [-0.15, -0.1) is 0 Å². The molecule has 1 aliphatic rings. The van der Waals surface area contributed by atoms with Crippen molar-refractivity contribution in [1.29, 1.82) is 0 Å². The number of benzene rings is 1. The lowest BCUT2D eigenvalue weighted by Crippen LogP contribution is -2.25. The molecule has 0 aromatic heterocycles. The van der Waals surface area contributed by atoms with Crippen LogP contribution in [-0.4, -0.2) is 37.7 Å². The molecule has 0 spiro atoms. The first-order chi connectivity index (χ1) is 8.40. The molecule has 3 nitrogen and oxygen atoms in total. The molecule has 0 atom stereocenters. The summed E-state index contributed by atoms with van der Waals surface area (Å²) in [5.41, 5.74) is 6.81. The minimum Gasteiger partial charge on any atom is -0.492 e. The van der Waals surface area contributed by atoms with Crippen molar-refractivity contribution < 1.29 is 4.74 Å². The zero-order chi connectivity index (χ0) is 11.9. The average Bonchev–Trinajstić information content (AvgIpc) is 2.85. The van der Waals surface area contributed by atoms with Crippen LogP contribution in [0.4, 0.5) is 0 Å². The van der Waals surface area contributed by atoms with E-state index in [4.69, 9.17) is 10.5 Å². The molecule has 1 fully saturated rings. The number of ether oxygens (including phenoxy) is 1. The van der Waals surface area contributed by atoms with E-state index in [0.29, 0.717) is 6.54 Å². The highest BCUT2D eigenvalue weighted by atomic mass is 16.5. The van der Waals surface area contributed by atoms with Crippen LogP contribution in [0, 0.1) is 0 Å². The van der Waals surface area contributed by atoms with E-state index < -0.39 is 0 Å². The van der Waals surface area contributed by atoms with E-state index in [-0.39, 0.29) is 0 Å². The SMILES string of the molecule is NCCc1ccccc1OCCN1CCCC1. The fraction of sp³-hybridized carbons (Fsp3) is 0.571. The molecule has 2 rings (SSSR count). The van der Waals surface area contributed by atoms with Crippen LogP contribution in [0.3, 0.4) is 0 Å². The molecule has 3 heteroatoms. The summed E-state index contributed by atoms with van der Waals surface area (Å²) in [6, 6.07) is 8.19. The van der Waals surface area contributed by atoms with Crippen molar-refractivity contribution >= 4 is 0 Å². The minimum atomic E-state index is 0.673. The Morgan fingerprint density at radius 3 is 2.71 bits per heavy atom. The third-order valence-corrected chi connectivity index (χ3v) is 3.25. The molecule has 94 valence electrons. The van der Waals surface area contributed by atoms with Gasteiger partial charge in [0, 0.05) is 6.54 Å². The summed E-state index contributed by atoms with van der Waals surface area (Å²) in [4.78, 5) is 2.46. The molecule has 1 heterocycles. The van der Waals surface area contributed by atoms with Gasteiger partial charge < -0.3 is 10.5 Å². The Balaban J connectivity index is 1.80. The zero-order valence-corrected chi connectivity index (χ0v) is 10.4. The Bertz CT molecular complexity index is 335. The Hall–Kier alpha value is -1.06. The Labute approximate surface area is 104 Å². The number of hydrogen-bond acceptors (Lipinski definition) is 3. The molecule has 0 bridgehead atoms. The number of rotatable bonds is 6. The molecule has 2 N–H and O–H groups in total. The van der Waals surface area contributed by atoms with E-state index in [0.717, 1.165) is 25.3 Å². The largest absolute Gasteiger partial charge is 0.492 e. The van der Waals surface area contributed by atoms with E-state index in [9.17, 15) is 0 Å². The molecular weight excluding hydrogens is 212 g/mol. The third kappa shape index (κ3) is 3.72. The van der Waals surface area contributed by atoms with Crippen LogP contribution < -0.4 is 10.5 Å². The van der Waals surface area contributed by atoms with Crippen molar-refractivity contribution in [3.05, 3.63) is 29.8 Å². The first-order valence-electron chi connectivity index (χ1n) is 6.53. The topological polar surface area (TPSA) is 38.5 Å². The third-order valence-electron chi connectivity index (χ3n) is 3.25. The van der Waals surface area contributed by atoms with Gasteiger partial charge in [-0.2, -0.15) is 0 Å². The van der Waals surface area contributed by atoms with Gasteiger partial charge in [-0.25, -0.2) is 0 Å². The summed E-state index contributed by atoms with van der Waals surface area (Å²) >= 11 is 0. The van der Waals surface area contributed by atoms with Gasteiger partial charge in [0.25, 0.3) is 0 Å². The fourth-order valence-electron chi connectivity index (χ4n) is 2.30. The molecule has 17 heavy (non-hydrogen) atoms. The van der Waals surface area contributed by atoms with Gasteiger partial charge in [0.1, 0.15) is 12.4 Å². The summed E-state index contributed by atoms with van der Waals surface area (Å²) in [6.07, 6.45) is 3.56. The maximum absolute atomic E-state index is 5.85. The quantitative estimate of drug-likeness (QED) is 0.813. The zero-order valence-electron chi connectivity index (χ0n) is 10.4. The smallest absolute Gasteiger partial charge is 0.122 e. The molecule has 1 aromatic rings. The second kappa shape index (κ2) is 6.62. The predicted molar refractivity (Wildman–Crippen MR) is 70.4 cm³/mol. The van der Waals surface area contributed by atoms with Crippen LogP contribution >= 0.6 is 0 Å². The van der Waals surface area contributed by atoms with E-state index in [1.54, 1.807) is 0 Å². The van der Waals surface area contributed by atoms with Gasteiger partial charge in [0.2, 0.25) is 0 Å².